The molecule has 1 aliphatic heterocycles. The third kappa shape index (κ3) is 5.74. The van der Waals surface area contributed by atoms with Gasteiger partial charge in [-0.25, -0.2) is 13.1 Å². The van der Waals surface area contributed by atoms with Crippen molar-refractivity contribution < 1.29 is 13.2 Å². The van der Waals surface area contributed by atoms with Crippen molar-refractivity contribution in [3.63, 3.8) is 0 Å². The lowest BCUT2D eigenvalue weighted by Crippen LogP contribution is -2.28. The van der Waals surface area contributed by atoms with Crippen LogP contribution in [-0.2, 0) is 22.2 Å². The lowest BCUT2D eigenvalue weighted by Gasteiger charge is -2.17. The van der Waals surface area contributed by atoms with Crippen molar-refractivity contribution in [1.82, 2.24) is 4.72 Å². The van der Waals surface area contributed by atoms with E-state index in [-0.39, 0.29) is 23.1 Å². The molecule has 0 aromatic heterocycles. The van der Waals surface area contributed by atoms with Gasteiger partial charge in [-0.1, -0.05) is 60.3 Å². The molecule has 1 N–H and O–H groups in total. The molecule has 37 heavy (non-hydrogen) atoms. The van der Waals surface area contributed by atoms with Crippen molar-refractivity contribution in [2.75, 3.05) is 6.54 Å². The van der Waals surface area contributed by atoms with Gasteiger partial charge in [-0.3, -0.25) is 4.99 Å². The SMILES string of the molecule is CC(C)Oc1ccc(C2=NCC(c3cccc4c3CC[C@@H]4NS(=O)(=O)Cc3ccccc3)S2)cc1C#N. The van der Waals surface area contributed by atoms with E-state index in [1.807, 2.05) is 74.5 Å². The van der Waals surface area contributed by atoms with Crippen LogP contribution in [0.4, 0.5) is 0 Å². The zero-order valence-corrected chi connectivity index (χ0v) is 22.5. The van der Waals surface area contributed by atoms with Gasteiger partial charge in [0.1, 0.15) is 11.8 Å². The molecule has 0 saturated heterocycles. The number of sulfonamides is 1. The average Bonchev–Trinajstić information content (AvgIpc) is 3.52. The van der Waals surface area contributed by atoms with Crippen molar-refractivity contribution in [3.8, 4) is 11.8 Å². The number of nitrogens with one attached hydrogen (secondary N) is 1. The highest BCUT2D eigenvalue weighted by Gasteiger charge is 2.32. The van der Waals surface area contributed by atoms with E-state index in [9.17, 15) is 13.7 Å². The number of rotatable bonds is 8. The zero-order valence-electron chi connectivity index (χ0n) is 20.8. The maximum atomic E-state index is 12.9. The lowest BCUT2D eigenvalue weighted by atomic mass is 10.00. The number of hydrogen-bond acceptors (Lipinski definition) is 6. The summed E-state index contributed by atoms with van der Waals surface area (Å²) in [5.74, 6) is 0.559. The summed E-state index contributed by atoms with van der Waals surface area (Å²) in [7, 11) is -3.47. The van der Waals surface area contributed by atoms with Crippen LogP contribution in [0.2, 0.25) is 0 Å². The van der Waals surface area contributed by atoms with Gasteiger partial charge in [-0.05, 0) is 67.1 Å². The minimum absolute atomic E-state index is 0.00709. The average molecular weight is 532 g/mol. The van der Waals surface area contributed by atoms with E-state index in [2.05, 4.69) is 16.9 Å². The van der Waals surface area contributed by atoms with Gasteiger partial charge >= 0.3 is 0 Å². The van der Waals surface area contributed by atoms with Crippen molar-refractivity contribution in [2.24, 2.45) is 4.99 Å². The smallest absolute Gasteiger partial charge is 0.216 e. The molecule has 0 fully saturated rings. The molecule has 3 aromatic rings. The first-order chi connectivity index (χ1) is 17.8. The maximum absolute atomic E-state index is 12.9. The number of aliphatic imine (C=N–C) groups is 1. The minimum atomic E-state index is -3.47. The lowest BCUT2D eigenvalue weighted by molar-refractivity contribution is 0.241. The van der Waals surface area contributed by atoms with Gasteiger partial charge < -0.3 is 4.74 Å². The van der Waals surface area contributed by atoms with E-state index < -0.39 is 10.0 Å². The van der Waals surface area contributed by atoms with Crippen molar-refractivity contribution in [3.05, 3.63) is 100 Å². The van der Waals surface area contributed by atoms with Gasteiger partial charge in [-0.15, -0.1) is 0 Å². The number of hydrogen-bond donors (Lipinski definition) is 1. The summed E-state index contributed by atoms with van der Waals surface area (Å²) >= 11 is 1.70. The molecule has 2 atom stereocenters. The highest BCUT2D eigenvalue weighted by molar-refractivity contribution is 8.14. The molecule has 0 amide bonds. The van der Waals surface area contributed by atoms with E-state index in [0.717, 1.165) is 34.6 Å². The molecule has 1 heterocycles. The third-order valence-corrected chi connectivity index (χ3v) is 9.17. The first-order valence-electron chi connectivity index (χ1n) is 12.4. The zero-order chi connectivity index (χ0) is 26.0. The van der Waals surface area contributed by atoms with Crippen LogP contribution >= 0.6 is 11.8 Å². The van der Waals surface area contributed by atoms with Crippen LogP contribution in [0.1, 0.15) is 64.9 Å². The predicted molar refractivity (Wildman–Crippen MR) is 148 cm³/mol. The number of nitrogens with zero attached hydrogens (tertiary/aromatic N) is 2. The van der Waals surface area contributed by atoms with E-state index in [4.69, 9.17) is 9.73 Å². The molecule has 2 aliphatic rings. The van der Waals surface area contributed by atoms with E-state index in [1.165, 1.54) is 11.1 Å². The van der Waals surface area contributed by atoms with E-state index in [1.54, 1.807) is 11.8 Å². The Balaban J connectivity index is 1.31. The first-order valence-corrected chi connectivity index (χ1v) is 14.9. The van der Waals surface area contributed by atoms with Gasteiger partial charge in [0.15, 0.2) is 0 Å². The van der Waals surface area contributed by atoms with Gasteiger partial charge in [0, 0.05) is 11.6 Å². The Morgan fingerprint density at radius 1 is 1.11 bits per heavy atom. The standard InChI is InChI=1S/C29H29N3O3S2/c1-19(2)35-27-14-11-21(15-22(27)16-30)29-31-17-28(36-29)25-10-6-9-24-23(25)12-13-26(24)32-37(33,34)18-20-7-4-3-5-8-20/h3-11,14-15,19,26,28,32H,12-13,17-18H2,1-2H3/t26-,28?/m0/s1. The Kier molecular flexibility index (Phi) is 7.38. The molecule has 6 nitrogen and oxygen atoms in total. The molecular formula is C29H29N3O3S2. The number of ether oxygens (including phenoxy) is 1. The number of nitriles is 1. The molecule has 5 rings (SSSR count). The molecule has 8 heteroatoms. The first kappa shape index (κ1) is 25.5. The van der Waals surface area contributed by atoms with Crippen LogP contribution in [0.15, 0.2) is 71.7 Å². The third-order valence-electron chi connectivity index (χ3n) is 6.54. The molecule has 0 bridgehead atoms. The monoisotopic (exact) mass is 531 g/mol. The van der Waals surface area contributed by atoms with Crippen molar-refractivity contribution >= 4 is 26.8 Å². The summed E-state index contributed by atoms with van der Waals surface area (Å²) in [4.78, 5) is 4.80. The number of thioether (sulfide) groups is 1. The minimum Gasteiger partial charge on any atom is -0.490 e. The van der Waals surface area contributed by atoms with Crippen LogP contribution in [0, 0.1) is 11.3 Å². The van der Waals surface area contributed by atoms with Gasteiger partial charge in [0.05, 0.1) is 34.3 Å². The summed E-state index contributed by atoms with van der Waals surface area (Å²) in [6.45, 7) is 4.52. The molecule has 190 valence electrons. The number of benzene rings is 3. The van der Waals surface area contributed by atoms with Crippen LogP contribution in [0.5, 0.6) is 5.75 Å². The normalized spacial score (nSPS) is 18.9. The van der Waals surface area contributed by atoms with Crippen molar-refractivity contribution in [1.29, 1.82) is 5.26 Å². The van der Waals surface area contributed by atoms with Crippen LogP contribution in [0.3, 0.4) is 0 Å². The summed E-state index contributed by atoms with van der Waals surface area (Å²) in [5.41, 5.74) is 5.69. The van der Waals surface area contributed by atoms with Crippen LogP contribution < -0.4 is 9.46 Å². The quantitative estimate of drug-likeness (QED) is 0.403. The van der Waals surface area contributed by atoms with Crippen molar-refractivity contribution in [2.45, 2.75) is 49.8 Å². The summed E-state index contributed by atoms with van der Waals surface area (Å²) < 4.78 is 34.4. The largest absolute Gasteiger partial charge is 0.490 e. The summed E-state index contributed by atoms with van der Waals surface area (Å²) in [6, 6.07) is 23.1. The fourth-order valence-corrected chi connectivity index (χ4v) is 7.53. The molecule has 0 saturated carbocycles. The maximum Gasteiger partial charge on any atom is 0.216 e. The Hall–Kier alpha value is -3.12. The second-order valence-electron chi connectivity index (χ2n) is 9.61. The topological polar surface area (TPSA) is 91.5 Å². The fraction of sp³-hybridized carbons (Fsp3) is 0.310. The van der Waals surface area contributed by atoms with Gasteiger partial charge in [0.2, 0.25) is 10.0 Å². The second kappa shape index (κ2) is 10.7. The molecular weight excluding hydrogens is 502 g/mol. The van der Waals surface area contributed by atoms with Crippen LogP contribution in [-0.4, -0.2) is 26.1 Å². The second-order valence-corrected chi connectivity index (χ2v) is 12.6. The number of fused-ring (bicyclic) bond motifs is 1. The summed E-state index contributed by atoms with van der Waals surface area (Å²) in [6.07, 6.45) is 1.57. The highest BCUT2D eigenvalue weighted by Crippen LogP contribution is 2.44. The van der Waals surface area contributed by atoms with Crippen LogP contribution in [0.25, 0.3) is 0 Å². The molecule has 0 spiro atoms. The highest BCUT2D eigenvalue weighted by atomic mass is 32.2. The molecule has 1 aliphatic carbocycles. The van der Waals surface area contributed by atoms with Gasteiger partial charge in [-0.2, -0.15) is 5.26 Å². The molecule has 0 radical (unpaired) electrons. The molecule has 1 unspecified atom stereocenters. The summed E-state index contributed by atoms with van der Waals surface area (Å²) in [5, 5.41) is 10.7. The Morgan fingerprint density at radius 3 is 2.65 bits per heavy atom. The Bertz CT molecular complexity index is 1480. The Labute approximate surface area is 222 Å². The predicted octanol–water partition coefficient (Wildman–Crippen LogP) is 5.69. The van der Waals surface area contributed by atoms with E-state index >= 15 is 0 Å². The van der Waals surface area contributed by atoms with E-state index in [0.29, 0.717) is 17.9 Å². The fourth-order valence-electron chi connectivity index (χ4n) is 4.96. The van der Waals surface area contributed by atoms with Gasteiger partial charge in [0.25, 0.3) is 0 Å². The Morgan fingerprint density at radius 2 is 1.89 bits per heavy atom. The molecule has 3 aromatic carbocycles.